The molecule has 0 spiro atoms. The highest BCUT2D eigenvalue weighted by Crippen LogP contribution is 2.44. The van der Waals surface area contributed by atoms with Crippen molar-refractivity contribution in [3.63, 3.8) is 0 Å². The van der Waals surface area contributed by atoms with E-state index in [1.807, 2.05) is 6.92 Å². The van der Waals surface area contributed by atoms with E-state index in [0.29, 0.717) is 18.7 Å². The van der Waals surface area contributed by atoms with Gasteiger partial charge in [-0.15, -0.1) is 0 Å². The van der Waals surface area contributed by atoms with E-state index in [2.05, 4.69) is 5.32 Å². The molecule has 1 aliphatic rings. The Hall–Kier alpha value is -1.54. The molecule has 1 fully saturated rings. The smallest absolute Gasteiger partial charge is 0.254 e. The third-order valence-corrected chi connectivity index (χ3v) is 4.28. The summed E-state index contributed by atoms with van der Waals surface area (Å²) in [5, 5.41) is 7.31. The van der Waals surface area contributed by atoms with Crippen molar-refractivity contribution < 1.29 is 22.0 Å². The van der Waals surface area contributed by atoms with Crippen LogP contribution in [0.2, 0.25) is 0 Å². The van der Waals surface area contributed by atoms with Crippen molar-refractivity contribution in [1.29, 1.82) is 0 Å². The van der Waals surface area contributed by atoms with Gasteiger partial charge in [0.1, 0.15) is 16.5 Å². The van der Waals surface area contributed by atoms with Crippen LogP contribution >= 0.6 is 0 Å². The van der Waals surface area contributed by atoms with E-state index < -0.39 is 38.0 Å². The number of primary sulfonamides is 1. The van der Waals surface area contributed by atoms with E-state index in [0.717, 1.165) is 12.8 Å². The summed E-state index contributed by atoms with van der Waals surface area (Å²) in [7, 11) is -4.36. The maximum absolute atomic E-state index is 13.6. The third-order valence-electron chi connectivity index (χ3n) is 3.35. The third kappa shape index (κ3) is 3.13. The Kier molecular flexibility index (Phi) is 3.55. The molecule has 0 saturated heterocycles. The molecule has 5 nitrogen and oxygen atoms in total. The van der Waals surface area contributed by atoms with Gasteiger partial charge in [0.15, 0.2) is 0 Å². The highest BCUT2D eigenvalue weighted by atomic mass is 32.2. The Labute approximate surface area is 115 Å². The molecule has 1 saturated carbocycles. The van der Waals surface area contributed by atoms with Crippen LogP contribution in [-0.4, -0.2) is 20.9 Å². The van der Waals surface area contributed by atoms with Gasteiger partial charge in [0.05, 0.1) is 5.56 Å². The molecule has 1 amide bonds. The molecule has 8 heteroatoms. The van der Waals surface area contributed by atoms with Gasteiger partial charge in [-0.1, -0.05) is 6.92 Å². The predicted molar refractivity (Wildman–Crippen MR) is 67.4 cm³/mol. The van der Waals surface area contributed by atoms with Gasteiger partial charge in [-0.25, -0.2) is 22.3 Å². The van der Waals surface area contributed by atoms with Crippen molar-refractivity contribution in [2.75, 3.05) is 6.54 Å². The first-order valence-corrected chi connectivity index (χ1v) is 7.47. The highest BCUT2D eigenvalue weighted by molar-refractivity contribution is 7.89. The maximum atomic E-state index is 13.6. The van der Waals surface area contributed by atoms with Gasteiger partial charge in [-0.3, -0.25) is 4.79 Å². The number of benzene rings is 1. The quantitative estimate of drug-likeness (QED) is 0.874. The van der Waals surface area contributed by atoms with Crippen LogP contribution < -0.4 is 10.5 Å². The summed E-state index contributed by atoms with van der Waals surface area (Å²) in [5.74, 6) is -3.25. The summed E-state index contributed by atoms with van der Waals surface area (Å²) in [6.45, 7) is 2.32. The van der Waals surface area contributed by atoms with Crippen LogP contribution in [0.15, 0.2) is 17.0 Å². The fraction of sp³-hybridized carbons (Fsp3) is 0.417. The number of rotatable bonds is 4. The molecule has 110 valence electrons. The second kappa shape index (κ2) is 4.78. The number of carbonyl (C=O) groups excluding carboxylic acids is 1. The fourth-order valence-corrected chi connectivity index (χ4v) is 2.31. The topological polar surface area (TPSA) is 89.3 Å². The Balaban J connectivity index is 2.28. The Morgan fingerprint density at radius 2 is 1.95 bits per heavy atom. The normalized spacial score (nSPS) is 16.8. The molecular formula is C12H14F2N2O3S. The van der Waals surface area contributed by atoms with E-state index in [1.165, 1.54) is 0 Å². The van der Waals surface area contributed by atoms with Crippen LogP contribution in [0, 0.1) is 17.0 Å². The molecule has 2 rings (SSSR count). The lowest BCUT2D eigenvalue weighted by Crippen LogP contribution is -2.30. The fourth-order valence-electron chi connectivity index (χ4n) is 1.70. The van der Waals surface area contributed by atoms with Gasteiger partial charge in [0.25, 0.3) is 5.91 Å². The number of nitrogens with two attached hydrogens (primary N) is 1. The van der Waals surface area contributed by atoms with Crippen LogP contribution in [0.1, 0.15) is 30.1 Å². The summed E-state index contributed by atoms with van der Waals surface area (Å²) in [6, 6.07) is 0.956. The maximum Gasteiger partial charge on any atom is 0.254 e. The van der Waals surface area contributed by atoms with Crippen molar-refractivity contribution in [2.45, 2.75) is 24.7 Å². The largest absolute Gasteiger partial charge is 0.351 e. The highest BCUT2D eigenvalue weighted by Gasteiger charge is 2.37. The van der Waals surface area contributed by atoms with Crippen LogP contribution in [0.5, 0.6) is 0 Å². The molecule has 1 aromatic rings. The van der Waals surface area contributed by atoms with Gasteiger partial charge in [0.2, 0.25) is 10.0 Å². The lowest BCUT2D eigenvalue weighted by atomic mass is 10.1. The Morgan fingerprint density at radius 3 is 2.45 bits per heavy atom. The van der Waals surface area contributed by atoms with E-state index in [1.54, 1.807) is 0 Å². The molecule has 0 atom stereocenters. The van der Waals surface area contributed by atoms with Gasteiger partial charge < -0.3 is 5.32 Å². The number of nitrogens with one attached hydrogen (secondary N) is 1. The molecular weight excluding hydrogens is 290 g/mol. The van der Waals surface area contributed by atoms with E-state index >= 15 is 0 Å². The van der Waals surface area contributed by atoms with Crippen LogP contribution in [0.4, 0.5) is 8.78 Å². The number of carbonyl (C=O) groups is 1. The Bertz CT molecular complexity index is 670. The summed E-state index contributed by atoms with van der Waals surface area (Å²) in [6.07, 6.45) is 1.92. The van der Waals surface area contributed by atoms with Gasteiger partial charge in [-0.05, 0) is 24.3 Å². The number of halogens is 2. The molecule has 0 radical (unpaired) electrons. The number of sulfonamides is 1. The van der Waals surface area contributed by atoms with Crippen molar-refractivity contribution in [1.82, 2.24) is 5.32 Å². The zero-order valence-electron chi connectivity index (χ0n) is 10.7. The molecule has 1 aliphatic carbocycles. The minimum atomic E-state index is -4.36. The SMILES string of the molecule is CC1(CNC(=O)c2cc(S(N)(=O)=O)c(F)cc2F)CC1. The zero-order valence-corrected chi connectivity index (χ0v) is 11.6. The first-order valence-electron chi connectivity index (χ1n) is 5.92. The lowest BCUT2D eigenvalue weighted by Gasteiger charge is -2.11. The summed E-state index contributed by atoms with van der Waals surface area (Å²) >= 11 is 0. The molecule has 0 bridgehead atoms. The van der Waals surface area contributed by atoms with Crippen LogP contribution in [0.25, 0.3) is 0 Å². The first-order chi connectivity index (χ1) is 9.12. The van der Waals surface area contributed by atoms with Crippen molar-refractivity contribution >= 4 is 15.9 Å². The summed E-state index contributed by atoms with van der Waals surface area (Å²) in [5.41, 5.74) is -0.533. The first kappa shape index (κ1) is 14.9. The molecule has 3 N–H and O–H groups in total. The molecule has 0 aliphatic heterocycles. The monoisotopic (exact) mass is 304 g/mol. The molecule has 0 aromatic heterocycles. The number of hydrogen-bond acceptors (Lipinski definition) is 3. The zero-order chi connectivity index (χ0) is 15.1. The van der Waals surface area contributed by atoms with E-state index in [9.17, 15) is 22.0 Å². The van der Waals surface area contributed by atoms with Crippen LogP contribution in [0.3, 0.4) is 0 Å². The van der Waals surface area contributed by atoms with E-state index in [4.69, 9.17) is 5.14 Å². The Morgan fingerprint density at radius 1 is 1.35 bits per heavy atom. The van der Waals surface area contributed by atoms with Gasteiger partial charge in [-0.2, -0.15) is 0 Å². The lowest BCUT2D eigenvalue weighted by molar-refractivity contribution is 0.0941. The second-order valence-electron chi connectivity index (χ2n) is 5.30. The van der Waals surface area contributed by atoms with Gasteiger partial charge in [0, 0.05) is 12.6 Å². The second-order valence-corrected chi connectivity index (χ2v) is 6.83. The van der Waals surface area contributed by atoms with Gasteiger partial charge >= 0.3 is 0 Å². The average molecular weight is 304 g/mol. The molecule has 20 heavy (non-hydrogen) atoms. The van der Waals surface area contributed by atoms with Crippen LogP contribution in [-0.2, 0) is 10.0 Å². The minimum Gasteiger partial charge on any atom is -0.351 e. The molecule has 0 unspecified atom stereocenters. The minimum absolute atomic E-state index is 0.00887. The summed E-state index contributed by atoms with van der Waals surface area (Å²) < 4.78 is 49.2. The van der Waals surface area contributed by atoms with Crippen molar-refractivity contribution in [2.24, 2.45) is 10.6 Å². The predicted octanol–water partition coefficient (Wildman–Crippen LogP) is 1.14. The number of amides is 1. The summed E-state index contributed by atoms with van der Waals surface area (Å²) in [4.78, 5) is 10.9. The standard InChI is InChI=1S/C12H14F2N2O3S/c1-12(2-3-12)6-16-11(17)7-4-10(20(15,18)19)9(14)5-8(7)13/h4-5H,2-3,6H2,1H3,(H,16,17)(H2,15,18,19). The van der Waals surface area contributed by atoms with E-state index in [-0.39, 0.29) is 5.41 Å². The van der Waals surface area contributed by atoms with Crippen molar-refractivity contribution in [3.05, 3.63) is 29.3 Å². The molecule has 0 heterocycles. The number of hydrogen-bond donors (Lipinski definition) is 2. The van der Waals surface area contributed by atoms with Crippen molar-refractivity contribution in [3.8, 4) is 0 Å². The average Bonchev–Trinajstić information content (AvgIpc) is 3.03. The molecule has 1 aromatic carbocycles.